The third-order valence-electron chi connectivity index (χ3n) is 1.44. The molecule has 0 heterocycles. The molecule has 0 aliphatic heterocycles. The van der Waals surface area contributed by atoms with E-state index in [2.05, 4.69) is 46.5 Å². The van der Waals surface area contributed by atoms with Crippen LogP contribution in [-0.2, 0) is 0 Å². The van der Waals surface area contributed by atoms with Crippen LogP contribution in [0, 0.1) is 22.7 Å². The lowest BCUT2D eigenvalue weighted by atomic mass is 9.77. The van der Waals surface area contributed by atoms with Gasteiger partial charge in [-0.1, -0.05) is 40.5 Å². The molecule has 0 N–H and O–H groups in total. The van der Waals surface area contributed by atoms with Gasteiger partial charge >= 0.3 is 0 Å². The Kier molecular flexibility index (Phi) is 7.04. The molecule has 0 saturated heterocycles. The SMILES string of the molecule is CC.CC#CC(C)(C)CC(C)(C)C. The van der Waals surface area contributed by atoms with Crippen molar-refractivity contribution in [3.05, 3.63) is 0 Å². The van der Waals surface area contributed by atoms with E-state index >= 15 is 0 Å². The highest BCUT2D eigenvalue weighted by Crippen LogP contribution is 2.32. The maximum absolute atomic E-state index is 3.23. The van der Waals surface area contributed by atoms with E-state index in [0.717, 1.165) is 6.42 Å². The van der Waals surface area contributed by atoms with Crippen molar-refractivity contribution in [2.75, 3.05) is 0 Å². The molecule has 0 radical (unpaired) electrons. The molecule has 0 aromatic carbocycles. The fourth-order valence-electron chi connectivity index (χ4n) is 1.71. The fraction of sp³-hybridized carbons (Fsp3) is 0.846. The van der Waals surface area contributed by atoms with Gasteiger partial charge in [-0.3, -0.25) is 0 Å². The Bertz CT molecular complexity index is 168. The van der Waals surface area contributed by atoms with Gasteiger partial charge in [0.15, 0.2) is 0 Å². The summed E-state index contributed by atoms with van der Waals surface area (Å²) in [5.74, 6) is 6.21. The van der Waals surface area contributed by atoms with Crippen LogP contribution in [0.5, 0.6) is 0 Å². The van der Waals surface area contributed by atoms with Crippen molar-refractivity contribution in [3.8, 4) is 11.8 Å². The van der Waals surface area contributed by atoms with Crippen LogP contribution in [-0.4, -0.2) is 0 Å². The normalized spacial score (nSPS) is 10.8. The van der Waals surface area contributed by atoms with Crippen LogP contribution in [0.15, 0.2) is 0 Å². The van der Waals surface area contributed by atoms with Crippen LogP contribution in [0.4, 0.5) is 0 Å². The Morgan fingerprint density at radius 2 is 1.31 bits per heavy atom. The molecule has 0 aromatic rings. The van der Waals surface area contributed by atoms with Crippen molar-refractivity contribution in [1.82, 2.24) is 0 Å². The molecule has 0 atom stereocenters. The van der Waals surface area contributed by atoms with Gasteiger partial charge in [0.1, 0.15) is 0 Å². The zero-order valence-electron chi connectivity index (χ0n) is 10.7. The van der Waals surface area contributed by atoms with E-state index in [1.807, 2.05) is 20.8 Å². The molecule has 13 heavy (non-hydrogen) atoms. The van der Waals surface area contributed by atoms with E-state index in [-0.39, 0.29) is 5.41 Å². The quantitative estimate of drug-likeness (QED) is 0.524. The second-order valence-electron chi connectivity index (χ2n) is 5.00. The summed E-state index contributed by atoms with van der Waals surface area (Å²) in [5.41, 5.74) is 0.556. The van der Waals surface area contributed by atoms with E-state index in [0.29, 0.717) is 5.41 Å². The second-order valence-corrected chi connectivity index (χ2v) is 5.00. The van der Waals surface area contributed by atoms with E-state index in [4.69, 9.17) is 0 Å². The van der Waals surface area contributed by atoms with Gasteiger partial charge in [-0.25, -0.2) is 0 Å². The highest BCUT2D eigenvalue weighted by Gasteiger charge is 2.22. The summed E-state index contributed by atoms with van der Waals surface area (Å²) in [6, 6.07) is 0. The number of hydrogen-bond acceptors (Lipinski definition) is 0. The Morgan fingerprint density at radius 3 is 1.54 bits per heavy atom. The molecule has 78 valence electrons. The summed E-state index contributed by atoms with van der Waals surface area (Å²) in [7, 11) is 0. The van der Waals surface area contributed by atoms with Crippen LogP contribution in [0.2, 0.25) is 0 Å². The Hall–Kier alpha value is -0.440. The highest BCUT2D eigenvalue weighted by molar-refractivity contribution is 5.07. The van der Waals surface area contributed by atoms with Gasteiger partial charge in [0.2, 0.25) is 0 Å². The fourth-order valence-corrected chi connectivity index (χ4v) is 1.71. The van der Waals surface area contributed by atoms with Gasteiger partial charge < -0.3 is 0 Å². The van der Waals surface area contributed by atoms with Crippen molar-refractivity contribution in [1.29, 1.82) is 0 Å². The molecular weight excluding hydrogens is 156 g/mol. The van der Waals surface area contributed by atoms with Crippen LogP contribution in [0.1, 0.15) is 61.8 Å². The molecule has 0 aliphatic rings. The summed E-state index contributed by atoms with van der Waals surface area (Å²) in [6.07, 6.45) is 1.15. The molecule has 0 nitrogen and oxygen atoms in total. The number of hydrogen-bond donors (Lipinski definition) is 0. The molecule has 0 aromatic heterocycles. The van der Waals surface area contributed by atoms with Crippen LogP contribution >= 0.6 is 0 Å². The Morgan fingerprint density at radius 1 is 0.923 bits per heavy atom. The summed E-state index contributed by atoms with van der Waals surface area (Å²) in [6.45, 7) is 17.1. The Labute approximate surface area is 85.1 Å². The van der Waals surface area contributed by atoms with E-state index < -0.39 is 0 Å². The molecular formula is C13H26. The molecule has 0 amide bonds. The summed E-state index contributed by atoms with van der Waals surface area (Å²) >= 11 is 0. The average molecular weight is 182 g/mol. The molecule has 0 unspecified atom stereocenters. The first-order valence-corrected chi connectivity index (χ1v) is 5.21. The van der Waals surface area contributed by atoms with Gasteiger partial charge in [-0.15, -0.1) is 5.92 Å². The monoisotopic (exact) mass is 182 g/mol. The standard InChI is InChI=1S/C11H20.C2H6/c1-7-8-11(5,6)9-10(2,3)4;1-2/h9H2,1-6H3;1-2H3. The topological polar surface area (TPSA) is 0 Å². The van der Waals surface area contributed by atoms with E-state index in [1.54, 1.807) is 0 Å². The zero-order chi connectivity index (χ0) is 11.1. The lowest BCUT2D eigenvalue weighted by Gasteiger charge is -2.27. The number of rotatable bonds is 1. The van der Waals surface area contributed by atoms with Crippen molar-refractivity contribution in [2.45, 2.75) is 61.8 Å². The molecule has 0 fully saturated rings. The average Bonchev–Trinajstić information content (AvgIpc) is 1.85. The second kappa shape index (κ2) is 6.08. The van der Waals surface area contributed by atoms with Crippen molar-refractivity contribution in [3.63, 3.8) is 0 Å². The third kappa shape index (κ3) is 11.6. The van der Waals surface area contributed by atoms with Gasteiger partial charge in [-0.05, 0) is 32.6 Å². The minimum absolute atomic E-state index is 0.174. The van der Waals surface area contributed by atoms with Gasteiger partial charge in [0, 0.05) is 5.41 Å². The van der Waals surface area contributed by atoms with Crippen molar-refractivity contribution >= 4 is 0 Å². The lowest BCUT2D eigenvalue weighted by Crippen LogP contribution is -2.18. The first-order valence-electron chi connectivity index (χ1n) is 5.21. The maximum atomic E-state index is 3.23. The lowest BCUT2D eigenvalue weighted by molar-refractivity contribution is 0.271. The van der Waals surface area contributed by atoms with Gasteiger partial charge in [-0.2, -0.15) is 0 Å². The van der Waals surface area contributed by atoms with Gasteiger partial charge in [0.05, 0.1) is 0 Å². The molecule has 0 aliphatic carbocycles. The van der Waals surface area contributed by atoms with E-state index in [1.165, 1.54) is 0 Å². The molecule has 0 heteroatoms. The van der Waals surface area contributed by atoms with Crippen molar-refractivity contribution < 1.29 is 0 Å². The van der Waals surface area contributed by atoms with Crippen LogP contribution in [0.3, 0.4) is 0 Å². The molecule has 0 saturated carbocycles. The predicted molar refractivity (Wildman–Crippen MR) is 62.7 cm³/mol. The van der Waals surface area contributed by atoms with Gasteiger partial charge in [0.25, 0.3) is 0 Å². The van der Waals surface area contributed by atoms with Crippen LogP contribution in [0.25, 0.3) is 0 Å². The largest absolute Gasteiger partial charge is 0.106 e. The molecule has 0 rings (SSSR count). The molecule has 0 spiro atoms. The maximum Gasteiger partial charge on any atom is 0.0263 e. The predicted octanol–water partition coefficient (Wildman–Crippen LogP) is 4.50. The Balaban J connectivity index is 0. The first-order chi connectivity index (χ1) is 5.77. The summed E-state index contributed by atoms with van der Waals surface area (Å²) < 4.78 is 0. The minimum atomic E-state index is 0.174. The highest BCUT2D eigenvalue weighted by atomic mass is 14.3. The van der Waals surface area contributed by atoms with E-state index in [9.17, 15) is 0 Å². The summed E-state index contributed by atoms with van der Waals surface area (Å²) in [4.78, 5) is 0. The minimum Gasteiger partial charge on any atom is -0.106 e. The third-order valence-corrected chi connectivity index (χ3v) is 1.44. The summed E-state index contributed by atoms with van der Waals surface area (Å²) in [5, 5.41) is 0. The van der Waals surface area contributed by atoms with Crippen molar-refractivity contribution in [2.24, 2.45) is 10.8 Å². The van der Waals surface area contributed by atoms with Crippen LogP contribution < -0.4 is 0 Å². The first kappa shape index (κ1) is 15.1. The molecule has 0 bridgehead atoms. The zero-order valence-corrected chi connectivity index (χ0v) is 10.7. The smallest absolute Gasteiger partial charge is 0.0263 e.